The van der Waals surface area contributed by atoms with Crippen LogP contribution in [0.5, 0.6) is 0 Å². The zero-order valence-corrected chi connectivity index (χ0v) is 7.21. The number of fused-ring (bicyclic) bond motifs is 1. The van der Waals surface area contributed by atoms with Gasteiger partial charge in [0.25, 0.3) is 0 Å². The van der Waals surface area contributed by atoms with Gasteiger partial charge in [0, 0.05) is 11.3 Å². The van der Waals surface area contributed by atoms with Gasteiger partial charge >= 0.3 is 0 Å². The van der Waals surface area contributed by atoms with Crippen LogP contribution in [0, 0.1) is 6.92 Å². The molecule has 62 valence electrons. The zero-order valence-electron chi connectivity index (χ0n) is 6.45. The van der Waals surface area contributed by atoms with Crippen molar-refractivity contribution in [3.05, 3.63) is 29.0 Å². The largest absolute Gasteiger partial charge is 0.427 e. The van der Waals surface area contributed by atoms with Gasteiger partial charge in [-0.25, -0.2) is 4.98 Å². The maximum atomic E-state index is 9.34. The highest BCUT2D eigenvalue weighted by Gasteiger charge is 2.10. The lowest BCUT2D eigenvalue weighted by atomic mass is 10.2. The van der Waals surface area contributed by atoms with Crippen molar-refractivity contribution in [2.45, 2.75) is 6.92 Å². The molecule has 0 unspecified atom stereocenters. The van der Waals surface area contributed by atoms with E-state index in [9.17, 15) is 5.21 Å². The maximum Gasteiger partial charge on any atom is 0.175 e. The lowest BCUT2D eigenvalue weighted by molar-refractivity contribution is 0.187. The summed E-state index contributed by atoms with van der Waals surface area (Å²) < 4.78 is 0.935. The van der Waals surface area contributed by atoms with Crippen LogP contribution < -0.4 is 0 Å². The molecule has 0 aromatic heterocycles. The van der Waals surface area contributed by atoms with Crippen LogP contribution in [0.15, 0.2) is 18.3 Å². The smallest absolute Gasteiger partial charge is 0.175 e. The maximum absolute atomic E-state index is 9.34. The molecule has 4 heteroatoms. The molecule has 0 saturated heterocycles. The molecular weight excluding hydrogens is 176 g/mol. The standard InChI is InChI=1S/C8H7ClN2O/c1-5-2-6-3-7(9)4-11(12)8(6)10-5/h2-4,12H,1H3. The Morgan fingerprint density at radius 1 is 1.50 bits per heavy atom. The van der Waals surface area contributed by atoms with E-state index >= 15 is 0 Å². The molecule has 0 amide bonds. The fraction of sp³-hybridized carbons (Fsp3) is 0.125. The number of hydrogen-bond donors (Lipinski definition) is 1. The average molecular weight is 183 g/mol. The summed E-state index contributed by atoms with van der Waals surface area (Å²) in [6.45, 7) is 1.87. The molecule has 0 fully saturated rings. The van der Waals surface area contributed by atoms with E-state index in [1.54, 1.807) is 6.07 Å². The number of rotatable bonds is 0. The molecule has 3 nitrogen and oxygen atoms in total. The van der Waals surface area contributed by atoms with Crippen molar-refractivity contribution >= 4 is 11.6 Å². The van der Waals surface area contributed by atoms with E-state index < -0.39 is 0 Å². The minimum atomic E-state index is 0.498. The third kappa shape index (κ3) is 1.02. The Balaban J connectivity index is 2.79. The average Bonchev–Trinajstić information content (AvgIpc) is 2.29. The highest BCUT2D eigenvalue weighted by atomic mass is 35.5. The predicted octanol–water partition coefficient (Wildman–Crippen LogP) is 2.19. The fourth-order valence-corrected chi connectivity index (χ4v) is 1.42. The number of halogens is 1. The molecule has 0 aromatic rings. The molecule has 12 heavy (non-hydrogen) atoms. The van der Waals surface area contributed by atoms with E-state index in [1.807, 2.05) is 13.0 Å². The van der Waals surface area contributed by atoms with Gasteiger partial charge in [-0.1, -0.05) is 11.6 Å². The summed E-state index contributed by atoms with van der Waals surface area (Å²) in [6, 6.07) is 3.64. The van der Waals surface area contributed by atoms with Crippen molar-refractivity contribution in [3.63, 3.8) is 0 Å². The minimum absolute atomic E-state index is 0.498. The van der Waals surface area contributed by atoms with E-state index in [0.29, 0.717) is 10.8 Å². The van der Waals surface area contributed by atoms with Gasteiger partial charge in [-0.2, -0.15) is 4.73 Å². The summed E-state index contributed by atoms with van der Waals surface area (Å²) in [7, 11) is 0. The van der Waals surface area contributed by atoms with E-state index in [-0.39, 0.29) is 0 Å². The third-order valence-corrected chi connectivity index (χ3v) is 1.87. The topological polar surface area (TPSA) is 38.0 Å². The lowest BCUT2D eigenvalue weighted by Gasteiger charge is -2.03. The monoisotopic (exact) mass is 182 g/mol. The molecule has 0 radical (unpaired) electrons. The molecule has 0 aromatic carbocycles. The van der Waals surface area contributed by atoms with Crippen LogP contribution in [0.25, 0.3) is 11.4 Å². The highest BCUT2D eigenvalue weighted by molar-refractivity contribution is 6.30. The van der Waals surface area contributed by atoms with Gasteiger partial charge in [0.05, 0.1) is 11.2 Å². The second kappa shape index (κ2) is 2.38. The molecule has 0 atom stereocenters. The second-order valence-electron chi connectivity index (χ2n) is 2.68. The Hall–Kier alpha value is -1.22. The Labute approximate surface area is 74.5 Å². The van der Waals surface area contributed by atoms with E-state index in [1.165, 1.54) is 6.20 Å². The van der Waals surface area contributed by atoms with Crippen LogP contribution in [0.2, 0.25) is 5.02 Å². The van der Waals surface area contributed by atoms with Crippen LogP contribution in [-0.2, 0) is 0 Å². The first-order valence-corrected chi connectivity index (χ1v) is 3.89. The summed E-state index contributed by atoms with van der Waals surface area (Å²) in [5.74, 6) is 0.539. The molecule has 2 heterocycles. The first kappa shape index (κ1) is 7.43. The molecule has 0 spiro atoms. The SMILES string of the molecule is Cc1cc2cc(Cl)cn(O)c-2n1. The molecule has 0 bridgehead atoms. The quantitative estimate of drug-likeness (QED) is 0.635. The van der Waals surface area contributed by atoms with Crippen molar-refractivity contribution in [2.75, 3.05) is 0 Å². The number of nitrogens with zero attached hydrogens (tertiary/aromatic N) is 2. The minimum Gasteiger partial charge on any atom is -0.427 e. The van der Waals surface area contributed by atoms with Gasteiger partial charge in [-0.05, 0) is 19.1 Å². The highest BCUT2D eigenvalue weighted by Crippen LogP contribution is 2.24. The number of pyridine rings is 1. The van der Waals surface area contributed by atoms with Crippen molar-refractivity contribution in [1.29, 1.82) is 0 Å². The molecule has 2 aliphatic heterocycles. The van der Waals surface area contributed by atoms with Crippen LogP contribution in [-0.4, -0.2) is 14.9 Å². The van der Waals surface area contributed by atoms with Crippen LogP contribution in [0.1, 0.15) is 5.69 Å². The fourth-order valence-electron chi connectivity index (χ4n) is 1.21. The second-order valence-corrected chi connectivity index (χ2v) is 3.12. The molecule has 2 rings (SSSR count). The van der Waals surface area contributed by atoms with E-state index in [0.717, 1.165) is 16.0 Å². The summed E-state index contributed by atoms with van der Waals surface area (Å²) in [6.07, 6.45) is 1.41. The summed E-state index contributed by atoms with van der Waals surface area (Å²) >= 11 is 5.72. The molecule has 0 saturated carbocycles. The van der Waals surface area contributed by atoms with Gasteiger partial charge in [-0.15, -0.1) is 0 Å². The number of hydrogen-bond acceptors (Lipinski definition) is 2. The van der Waals surface area contributed by atoms with Gasteiger partial charge in [0.1, 0.15) is 0 Å². The summed E-state index contributed by atoms with van der Waals surface area (Å²) in [5.41, 5.74) is 1.72. The van der Waals surface area contributed by atoms with Crippen molar-refractivity contribution in [1.82, 2.24) is 9.71 Å². The summed E-state index contributed by atoms with van der Waals surface area (Å²) in [4.78, 5) is 4.11. The van der Waals surface area contributed by atoms with Crippen LogP contribution in [0.3, 0.4) is 0 Å². The molecule has 2 aliphatic rings. The van der Waals surface area contributed by atoms with Crippen molar-refractivity contribution < 1.29 is 5.21 Å². The molecular formula is C8H7ClN2O. The van der Waals surface area contributed by atoms with E-state index in [2.05, 4.69) is 4.98 Å². The zero-order chi connectivity index (χ0) is 8.72. The Morgan fingerprint density at radius 3 is 3.00 bits per heavy atom. The first-order chi connectivity index (χ1) is 5.66. The van der Waals surface area contributed by atoms with E-state index in [4.69, 9.17) is 11.6 Å². The molecule has 1 N–H and O–H groups in total. The normalized spacial score (nSPS) is 10.8. The number of aromatic nitrogens is 2. The lowest BCUT2D eigenvalue weighted by Crippen LogP contribution is -1.97. The van der Waals surface area contributed by atoms with Gasteiger partial charge in [-0.3, -0.25) is 0 Å². The van der Waals surface area contributed by atoms with Crippen LogP contribution in [0.4, 0.5) is 0 Å². The van der Waals surface area contributed by atoms with Crippen LogP contribution >= 0.6 is 11.6 Å². The Kier molecular flexibility index (Phi) is 1.48. The van der Waals surface area contributed by atoms with Crippen molar-refractivity contribution in [3.8, 4) is 11.4 Å². The first-order valence-electron chi connectivity index (χ1n) is 3.51. The summed E-state index contributed by atoms with van der Waals surface area (Å²) in [5, 5.41) is 9.83. The third-order valence-electron chi connectivity index (χ3n) is 1.66. The Morgan fingerprint density at radius 2 is 2.25 bits per heavy atom. The number of aryl methyl sites for hydroxylation is 1. The Bertz CT molecular complexity index is 397. The molecule has 0 aliphatic carbocycles. The van der Waals surface area contributed by atoms with Gasteiger partial charge < -0.3 is 5.21 Å². The van der Waals surface area contributed by atoms with Gasteiger partial charge in [0.2, 0.25) is 0 Å². The predicted molar refractivity (Wildman–Crippen MR) is 45.8 cm³/mol. The van der Waals surface area contributed by atoms with Crippen molar-refractivity contribution in [2.24, 2.45) is 0 Å². The van der Waals surface area contributed by atoms with Gasteiger partial charge in [0.15, 0.2) is 5.82 Å².